The van der Waals surface area contributed by atoms with Crippen molar-refractivity contribution in [2.24, 2.45) is 5.92 Å². The van der Waals surface area contributed by atoms with Crippen molar-refractivity contribution in [3.63, 3.8) is 0 Å². The molecule has 3 atom stereocenters. The Balaban J connectivity index is 1.05. The largest absolute Gasteiger partial charge is 0.456 e. The van der Waals surface area contributed by atoms with Gasteiger partial charge in [0.1, 0.15) is 11.2 Å². The summed E-state index contributed by atoms with van der Waals surface area (Å²) < 4.78 is 6.53. The highest BCUT2D eigenvalue weighted by Gasteiger charge is 2.47. The molecule has 2 heterocycles. The predicted octanol–water partition coefficient (Wildman–Crippen LogP) is 11.0. The smallest absolute Gasteiger partial charge is 0.139 e. The molecule has 0 fully saturated rings. The highest BCUT2D eigenvalue weighted by Crippen LogP contribution is 2.56. The van der Waals surface area contributed by atoms with Crippen molar-refractivity contribution in [1.29, 1.82) is 0 Å². The first-order chi connectivity index (χ1) is 22.5. The second kappa shape index (κ2) is 10.4. The monoisotopic (exact) mass is 593 g/mol. The molecular weight excluding hydrogens is 558 g/mol. The van der Waals surface area contributed by atoms with Crippen LogP contribution in [0.5, 0.6) is 0 Å². The van der Waals surface area contributed by atoms with E-state index in [2.05, 4.69) is 171 Å². The molecule has 2 aliphatic carbocycles. The van der Waals surface area contributed by atoms with E-state index in [0.717, 1.165) is 16.9 Å². The third-order valence-electron chi connectivity index (χ3n) is 10.4. The van der Waals surface area contributed by atoms with E-state index in [4.69, 9.17) is 4.42 Å². The van der Waals surface area contributed by atoms with Crippen LogP contribution in [0.15, 0.2) is 156 Å². The van der Waals surface area contributed by atoms with Crippen molar-refractivity contribution in [2.75, 3.05) is 0 Å². The van der Waals surface area contributed by atoms with Gasteiger partial charge in [0.25, 0.3) is 0 Å². The van der Waals surface area contributed by atoms with E-state index in [1.54, 1.807) is 0 Å². The number of para-hydroxylation sites is 1. The van der Waals surface area contributed by atoms with Gasteiger partial charge in [-0.15, -0.1) is 0 Å². The van der Waals surface area contributed by atoms with Crippen molar-refractivity contribution >= 4 is 38.8 Å². The number of furan rings is 1. The van der Waals surface area contributed by atoms with Gasteiger partial charge in [-0.2, -0.15) is 0 Å². The lowest BCUT2D eigenvalue weighted by atomic mass is 9.73. The minimum atomic E-state index is -0.0325. The Labute approximate surface area is 270 Å². The minimum Gasteiger partial charge on any atom is -0.456 e. The van der Waals surface area contributed by atoms with Gasteiger partial charge in [-0.3, -0.25) is 0 Å². The number of fused-ring (bicyclic) bond motifs is 7. The number of hydrogen-bond donors (Lipinski definition) is 1. The molecule has 2 nitrogen and oxygen atoms in total. The number of benzene rings is 5. The molecule has 5 aromatic carbocycles. The molecule has 0 spiro atoms. The standard InChI is InChI=1S/C44H35NO/c1-44(2)38-24-21-32(25-37(38)35-22-23-36-34-15-9-10-16-41(34)46-43(36)42(35)44)29-17-19-31(20-18-29)40-27-33(28-11-5-3-6-12-28)26-39(45-40)30-13-7-4-8-14-30/h3-27,37-38,40,45H,1-2H3. The molecule has 9 rings (SSSR count). The molecule has 0 amide bonds. The lowest BCUT2D eigenvalue weighted by Gasteiger charge is -2.30. The average molecular weight is 594 g/mol. The lowest BCUT2D eigenvalue weighted by Crippen LogP contribution is -2.25. The maximum atomic E-state index is 6.53. The van der Waals surface area contributed by atoms with E-state index in [9.17, 15) is 0 Å². The maximum absolute atomic E-state index is 6.53. The Hall–Kier alpha value is -5.34. The summed E-state index contributed by atoms with van der Waals surface area (Å²) in [7, 11) is 0. The molecule has 6 aromatic rings. The normalized spacial score (nSPS) is 21.3. The van der Waals surface area contributed by atoms with Crippen LogP contribution >= 0.6 is 0 Å². The molecule has 3 aliphatic rings. The van der Waals surface area contributed by atoms with E-state index in [1.165, 1.54) is 55.3 Å². The molecule has 1 N–H and O–H groups in total. The summed E-state index contributed by atoms with van der Waals surface area (Å²) in [5.74, 6) is 0.706. The number of allylic oxidation sites excluding steroid dienone is 6. The number of rotatable bonds is 4. The second-order valence-corrected chi connectivity index (χ2v) is 13.4. The third kappa shape index (κ3) is 4.24. The molecule has 3 unspecified atom stereocenters. The first-order valence-electron chi connectivity index (χ1n) is 16.3. The average Bonchev–Trinajstić information content (AvgIpc) is 3.60. The van der Waals surface area contributed by atoms with Crippen LogP contribution in [0.1, 0.15) is 59.2 Å². The quantitative estimate of drug-likeness (QED) is 0.220. The van der Waals surface area contributed by atoms with Crippen molar-refractivity contribution in [2.45, 2.75) is 31.2 Å². The number of nitrogens with one attached hydrogen (secondary N) is 1. The summed E-state index contributed by atoms with van der Waals surface area (Å²) in [6, 6.07) is 43.5. The summed E-state index contributed by atoms with van der Waals surface area (Å²) in [5, 5.41) is 6.22. The van der Waals surface area contributed by atoms with Crippen LogP contribution in [0.2, 0.25) is 0 Å². The third-order valence-corrected chi connectivity index (χ3v) is 10.4. The summed E-state index contributed by atoms with van der Waals surface area (Å²) in [5.41, 5.74) is 13.3. The van der Waals surface area contributed by atoms with Gasteiger partial charge in [0.2, 0.25) is 0 Å². The van der Waals surface area contributed by atoms with Gasteiger partial charge >= 0.3 is 0 Å². The first kappa shape index (κ1) is 27.0. The van der Waals surface area contributed by atoms with E-state index >= 15 is 0 Å². The maximum Gasteiger partial charge on any atom is 0.139 e. The Bertz CT molecular complexity index is 2240. The molecule has 1 aromatic heterocycles. The van der Waals surface area contributed by atoms with Crippen LogP contribution in [-0.2, 0) is 5.41 Å². The topological polar surface area (TPSA) is 25.2 Å². The minimum absolute atomic E-state index is 0.0325. The Morgan fingerprint density at radius 3 is 2.11 bits per heavy atom. The summed E-state index contributed by atoms with van der Waals surface area (Å²) in [6.07, 6.45) is 11.9. The second-order valence-electron chi connectivity index (χ2n) is 13.4. The molecule has 222 valence electrons. The highest BCUT2D eigenvalue weighted by atomic mass is 16.3. The van der Waals surface area contributed by atoms with Crippen molar-refractivity contribution in [3.05, 3.63) is 185 Å². The zero-order valence-corrected chi connectivity index (χ0v) is 26.1. The zero-order valence-electron chi connectivity index (χ0n) is 26.1. The van der Waals surface area contributed by atoms with Crippen molar-refractivity contribution < 1.29 is 4.42 Å². The van der Waals surface area contributed by atoms with Crippen LogP contribution in [0.4, 0.5) is 0 Å². The summed E-state index contributed by atoms with van der Waals surface area (Å²) in [4.78, 5) is 0. The fraction of sp³-hybridized carbons (Fsp3) is 0.136. The zero-order chi connectivity index (χ0) is 30.8. The van der Waals surface area contributed by atoms with Gasteiger partial charge in [0.05, 0.1) is 6.04 Å². The Morgan fingerprint density at radius 2 is 1.33 bits per heavy atom. The van der Waals surface area contributed by atoms with Gasteiger partial charge < -0.3 is 9.73 Å². The summed E-state index contributed by atoms with van der Waals surface area (Å²) >= 11 is 0. The Kier molecular flexibility index (Phi) is 6.08. The molecule has 0 saturated heterocycles. The molecule has 2 heteroatoms. The number of hydrogen-bond acceptors (Lipinski definition) is 2. The van der Waals surface area contributed by atoms with E-state index < -0.39 is 0 Å². The molecular formula is C44H35NO. The highest BCUT2D eigenvalue weighted by molar-refractivity contribution is 6.06. The van der Waals surface area contributed by atoms with Crippen LogP contribution < -0.4 is 5.32 Å². The van der Waals surface area contributed by atoms with Crippen molar-refractivity contribution in [1.82, 2.24) is 5.32 Å². The van der Waals surface area contributed by atoms with Crippen LogP contribution in [0, 0.1) is 5.92 Å². The van der Waals surface area contributed by atoms with Crippen LogP contribution in [0.25, 0.3) is 38.8 Å². The molecule has 0 saturated carbocycles. The molecule has 0 bridgehead atoms. The first-order valence-corrected chi connectivity index (χ1v) is 16.3. The molecule has 46 heavy (non-hydrogen) atoms. The van der Waals surface area contributed by atoms with Gasteiger partial charge in [-0.05, 0) is 63.1 Å². The van der Waals surface area contributed by atoms with Crippen LogP contribution in [0.3, 0.4) is 0 Å². The van der Waals surface area contributed by atoms with E-state index in [-0.39, 0.29) is 11.5 Å². The van der Waals surface area contributed by atoms with Crippen molar-refractivity contribution in [3.8, 4) is 0 Å². The van der Waals surface area contributed by atoms with Gasteiger partial charge in [0, 0.05) is 33.4 Å². The van der Waals surface area contributed by atoms with Crippen LogP contribution in [-0.4, -0.2) is 0 Å². The summed E-state index contributed by atoms with van der Waals surface area (Å²) in [6.45, 7) is 4.77. The SMILES string of the molecule is CC1(C)c2c(ccc3c2oc2ccccc23)C2C=C(c3ccc(C4C=C(c5ccccc5)C=C(c5ccccc5)N4)cc3)C=CC21. The van der Waals surface area contributed by atoms with E-state index in [1.807, 2.05) is 0 Å². The van der Waals surface area contributed by atoms with Gasteiger partial charge in [0.15, 0.2) is 0 Å². The fourth-order valence-electron chi connectivity index (χ4n) is 8.05. The number of dihydropyridines is 1. The van der Waals surface area contributed by atoms with Gasteiger partial charge in [-0.1, -0.05) is 147 Å². The molecule has 1 aliphatic heterocycles. The lowest BCUT2D eigenvalue weighted by molar-refractivity contribution is 0.394. The fourth-order valence-corrected chi connectivity index (χ4v) is 8.05. The van der Waals surface area contributed by atoms with E-state index in [0.29, 0.717) is 11.8 Å². The Morgan fingerprint density at radius 1 is 0.630 bits per heavy atom. The van der Waals surface area contributed by atoms with Gasteiger partial charge in [-0.25, -0.2) is 0 Å². The molecule has 0 radical (unpaired) electrons. The predicted molar refractivity (Wildman–Crippen MR) is 191 cm³/mol.